The highest BCUT2D eigenvalue weighted by Gasteiger charge is 2.35. The third-order valence-corrected chi connectivity index (χ3v) is 4.73. The van der Waals surface area contributed by atoms with Gasteiger partial charge in [-0.2, -0.15) is 0 Å². The molecule has 1 unspecified atom stereocenters. The summed E-state index contributed by atoms with van der Waals surface area (Å²) in [6, 6.07) is 10.9. The fourth-order valence-electron chi connectivity index (χ4n) is 3.08. The minimum atomic E-state index is -1.02. The smallest absolute Gasteiger partial charge is 0.229 e. The molecule has 1 saturated heterocycles. The number of nitrogens with one attached hydrogen (secondary N) is 1. The van der Waals surface area contributed by atoms with Crippen LogP contribution >= 0.6 is 0 Å². The number of benzene rings is 2. The second-order valence-corrected chi connectivity index (χ2v) is 7.82. The van der Waals surface area contributed by atoms with Crippen LogP contribution in [0.1, 0.15) is 32.8 Å². The highest BCUT2D eigenvalue weighted by molar-refractivity contribution is 6.03. The van der Waals surface area contributed by atoms with Gasteiger partial charge in [-0.1, -0.05) is 32.9 Å². The van der Waals surface area contributed by atoms with Crippen molar-refractivity contribution in [3.05, 3.63) is 59.7 Å². The lowest BCUT2D eigenvalue weighted by Gasteiger charge is -2.19. The maximum atomic E-state index is 13.4. The minimum absolute atomic E-state index is 0.0192. The van der Waals surface area contributed by atoms with Crippen LogP contribution < -0.4 is 10.2 Å². The van der Waals surface area contributed by atoms with E-state index in [9.17, 15) is 18.4 Å². The lowest BCUT2D eigenvalue weighted by Crippen LogP contribution is -2.28. The standard InChI is InChI=1S/C21H22F2N2O2/c1-21(2,3)14-4-6-15(7-5-14)24-20(27)13-10-19(26)25(12-13)16-8-9-17(22)18(23)11-16/h4-9,11,13H,10,12H2,1-3H3,(H,24,27). The van der Waals surface area contributed by atoms with E-state index in [4.69, 9.17) is 0 Å². The molecule has 1 heterocycles. The van der Waals surface area contributed by atoms with E-state index in [0.29, 0.717) is 5.69 Å². The summed E-state index contributed by atoms with van der Waals surface area (Å²) >= 11 is 0. The molecule has 2 aromatic rings. The number of carbonyl (C=O) groups is 2. The van der Waals surface area contributed by atoms with Gasteiger partial charge in [0.25, 0.3) is 0 Å². The van der Waals surface area contributed by atoms with Gasteiger partial charge >= 0.3 is 0 Å². The lowest BCUT2D eigenvalue weighted by atomic mass is 9.87. The number of amides is 2. The average molecular weight is 372 g/mol. The Hall–Kier alpha value is -2.76. The van der Waals surface area contributed by atoms with Crippen LogP contribution in [0.15, 0.2) is 42.5 Å². The first-order valence-electron chi connectivity index (χ1n) is 8.82. The quantitative estimate of drug-likeness (QED) is 0.875. The van der Waals surface area contributed by atoms with Gasteiger partial charge in [0, 0.05) is 30.4 Å². The summed E-state index contributed by atoms with van der Waals surface area (Å²) in [7, 11) is 0. The van der Waals surface area contributed by atoms with Gasteiger partial charge < -0.3 is 10.2 Å². The van der Waals surface area contributed by atoms with E-state index < -0.39 is 17.6 Å². The zero-order valence-electron chi connectivity index (χ0n) is 15.6. The molecule has 1 atom stereocenters. The van der Waals surface area contributed by atoms with Crippen LogP contribution in [-0.2, 0) is 15.0 Å². The molecular formula is C21H22F2N2O2. The molecule has 2 amide bonds. The molecule has 6 heteroatoms. The van der Waals surface area contributed by atoms with Gasteiger partial charge in [-0.25, -0.2) is 8.78 Å². The highest BCUT2D eigenvalue weighted by Crippen LogP contribution is 2.28. The van der Waals surface area contributed by atoms with Crippen LogP contribution in [0.3, 0.4) is 0 Å². The summed E-state index contributed by atoms with van der Waals surface area (Å²) in [5, 5.41) is 2.82. The summed E-state index contributed by atoms with van der Waals surface area (Å²) in [5.41, 5.74) is 2.09. The summed E-state index contributed by atoms with van der Waals surface area (Å²) in [4.78, 5) is 26.1. The van der Waals surface area contributed by atoms with Gasteiger partial charge in [0.15, 0.2) is 11.6 Å². The zero-order chi connectivity index (χ0) is 19.8. The molecule has 0 radical (unpaired) electrons. The molecular weight excluding hydrogens is 350 g/mol. The van der Waals surface area contributed by atoms with Crippen LogP contribution in [0.5, 0.6) is 0 Å². The number of anilines is 2. The van der Waals surface area contributed by atoms with Crippen molar-refractivity contribution in [1.29, 1.82) is 0 Å². The highest BCUT2D eigenvalue weighted by atomic mass is 19.2. The van der Waals surface area contributed by atoms with Crippen molar-refractivity contribution in [3.63, 3.8) is 0 Å². The number of hydrogen-bond donors (Lipinski definition) is 1. The zero-order valence-corrected chi connectivity index (χ0v) is 15.6. The molecule has 0 aliphatic carbocycles. The Balaban J connectivity index is 1.67. The lowest BCUT2D eigenvalue weighted by molar-refractivity contribution is -0.122. The monoisotopic (exact) mass is 372 g/mol. The summed E-state index contributed by atoms with van der Waals surface area (Å²) in [6.07, 6.45) is 0.0326. The number of hydrogen-bond acceptors (Lipinski definition) is 2. The molecule has 2 aromatic carbocycles. The van der Waals surface area contributed by atoms with E-state index in [1.165, 1.54) is 11.0 Å². The van der Waals surface area contributed by atoms with Crippen LogP contribution in [0.25, 0.3) is 0 Å². The van der Waals surface area contributed by atoms with Crippen LogP contribution in [0.4, 0.5) is 20.2 Å². The molecule has 1 N–H and O–H groups in total. The molecule has 142 valence electrons. The molecule has 0 spiro atoms. The van der Waals surface area contributed by atoms with Gasteiger partial charge in [0.2, 0.25) is 11.8 Å². The number of rotatable bonds is 3. The Labute approximate surface area is 157 Å². The van der Waals surface area contributed by atoms with Crippen molar-refractivity contribution in [1.82, 2.24) is 0 Å². The maximum absolute atomic E-state index is 13.4. The third kappa shape index (κ3) is 4.15. The van der Waals surface area contributed by atoms with E-state index in [1.807, 2.05) is 24.3 Å². The van der Waals surface area contributed by atoms with Crippen molar-refractivity contribution in [2.24, 2.45) is 5.92 Å². The molecule has 0 saturated carbocycles. The third-order valence-electron chi connectivity index (χ3n) is 4.73. The molecule has 3 rings (SSSR count). The van der Waals surface area contributed by atoms with Crippen molar-refractivity contribution < 1.29 is 18.4 Å². The van der Waals surface area contributed by atoms with E-state index >= 15 is 0 Å². The first-order valence-corrected chi connectivity index (χ1v) is 8.82. The predicted octanol–water partition coefficient (Wildman–Crippen LogP) is 4.25. The van der Waals surface area contributed by atoms with Gasteiger partial charge in [-0.3, -0.25) is 9.59 Å². The normalized spacial score (nSPS) is 17.3. The van der Waals surface area contributed by atoms with E-state index in [0.717, 1.165) is 17.7 Å². The largest absolute Gasteiger partial charge is 0.326 e. The van der Waals surface area contributed by atoms with Crippen LogP contribution in [0, 0.1) is 17.6 Å². The Morgan fingerprint density at radius 1 is 1.07 bits per heavy atom. The molecule has 27 heavy (non-hydrogen) atoms. The van der Waals surface area contributed by atoms with Crippen molar-refractivity contribution in [2.75, 3.05) is 16.8 Å². The SMILES string of the molecule is CC(C)(C)c1ccc(NC(=O)C2CC(=O)N(c3ccc(F)c(F)c3)C2)cc1. The fraction of sp³-hybridized carbons (Fsp3) is 0.333. The average Bonchev–Trinajstić information content (AvgIpc) is 2.99. The molecule has 1 fully saturated rings. The van der Waals surface area contributed by atoms with Gasteiger partial charge in [0.05, 0.1) is 5.92 Å². The topological polar surface area (TPSA) is 49.4 Å². The Morgan fingerprint density at radius 2 is 1.74 bits per heavy atom. The summed E-state index contributed by atoms with van der Waals surface area (Å²) in [6.45, 7) is 6.46. The van der Waals surface area contributed by atoms with E-state index in [1.54, 1.807) is 0 Å². The van der Waals surface area contributed by atoms with Gasteiger partial charge in [-0.15, -0.1) is 0 Å². The van der Waals surface area contributed by atoms with Crippen molar-refractivity contribution in [3.8, 4) is 0 Å². The van der Waals surface area contributed by atoms with E-state index in [2.05, 4.69) is 26.1 Å². The second kappa shape index (κ2) is 7.10. The second-order valence-electron chi connectivity index (χ2n) is 7.82. The van der Waals surface area contributed by atoms with Gasteiger partial charge in [0.1, 0.15) is 0 Å². The van der Waals surface area contributed by atoms with Crippen LogP contribution in [-0.4, -0.2) is 18.4 Å². The molecule has 4 nitrogen and oxygen atoms in total. The number of nitrogens with zero attached hydrogens (tertiary/aromatic N) is 1. The summed E-state index contributed by atoms with van der Waals surface area (Å²) < 4.78 is 26.5. The molecule has 0 bridgehead atoms. The molecule has 1 aliphatic heterocycles. The molecule has 0 aromatic heterocycles. The molecule has 1 aliphatic rings. The fourth-order valence-corrected chi connectivity index (χ4v) is 3.08. The van der Waals surface area contributed by atoms with Crippen molar-refractivity contribution >= 4 is 23.2 Å². The summed E-state index contributed by atoms with van der Waals surface area (Å²) in [5.74, 6) is -3.10. The van der Waals surface area contributed by atoms with E-state index in [-0.39, 0.29) is 35.9 Å². The Bertz CT molecular complexity index is 873. The number of carbonyl (C=O) groups excluding carboxylic acids is 2. The van der Waals surface area contributed by atoms with Crippen molar-refractivity contribution in [2.45, 2.75) is 32.6 Å². The predicted molar refractivity (Wildman–Crippen MR) is 101 cm³/mol. The first-order chi connectivity index (χ1) is 12.6. The minimum Gasteiger partial charge on any atom is -0.326 e. The maximum Gasteiger partial charge on any atom is 0.229 e. The number of halogens is 2. The first kappa shape index (κ1) is 19.0. The van der Waals surface area contributed by atoms with Crippen LogP contribution in [0.2, 0.25) is 0 Å². The Morgan fingerprint density at radius 3 is 2.33 bits per heavy atom. The Kier molecular flexibility index (Phi) is 5.00. The van der Waals surface area contributed by atoms with Gasteiger partial charge in [-0.05, 0) is 35.2 Å².